The summed E-state index contributed by atoms with van der Waals surface area (Å²) in [6, 6.07) is 4.49. The van der Waals surface area contributed by atoms with Crippen LogP contribution in [0.3, 0.4) is 0 Å². The summed E-state index contributed by atoms with van der Waals surface area (Å²) in [6.07, 6.45) is -4.77. The number of benzene rings is 2. The molecule has 0 radical (unpaired) electrons. The Bertz CT molecular complexity index is 2170. The Kier molecular flexibility index (Phi) is 11.8. The maximum Gasteiger partial charge on any atom is 0.408 e. The molecule has 0 saturated carbocycles. The minimum absolute atomic E-state index is 0.0258. The van der Waals surface area contributed by atoms with Crippen LogP contribution in [0.5, 0.6) is 0 Å². The molecule has 17 heteroatoms. The number of carboxylic acid groups (broad SMARTS) is 1. The van der Waals surface area contributed by atoms with Crippen LogP contribution >= 0.6 is 0 Å². The fraction of sp³-hybridized carbons (Fsp3) is 0.525. The number of nitrogens with one attached hydrogen (secondary N) is 3. The van der Waals surface area contributed by atoms with Gasteiger partial charge < -0.3 is 39.8 Å². The fourth-order valence-electron chi connectivity index (χ4n) is 7.99. The van der Waals surface area contributed by atoms with Gasteiger partial charge in [-0.25, -0.2) is 32.1 Å². The standard InChI is InChI=1S/C40H49F4N7O6/c1-7-29(47-39(56)57-40(4,5)6)36(52)49-17-23(43)12-25(49)16-28-27-10-8-21(41)14-30(27)45-34(28)35-46-31-15-22(42)9-11-32(31)51(35)19-26-13-24(44)18-50(26)37(53)33(20(2)3)48-38(54)55/h8-11,14-15,20,23-26,29,33,45,48H,7,12-13,16-19H2,1-6H3,(H,47,56)(H,54,55)/t23-,24-,25-,26-,29?,33?/m0/s1. The minimum Gasteiger partial charge on any atom is -0.465 e. The number of imidazole rings is 1. The lowest BCUT2D eigenvalue weighted by atomic mass is 9.99. The van der Waals surface area contributed by atoms with Crippen LogP contribution in [0.2, 0.25) is 0 Å². The highest BCUT2D eigenvalue weighted by atomic mass is 19.1. The molecular weight excluding hydrogens is 750 g/mol. The Morgan fingerprint density at radius 3 is 2.21 bits per heavy atom. The van der Waals surface area contributed by atoms with E-state index in [0.29, 0.717) is 27.7 Å². The van der Waals surface area contributed by atoms with Gasteiger partial charge in [0.2, 0.25) is 11.8 Å². The van der Waals surface area contributed by atoms with E-state index in [1.54, 1.807) is 52.2 Å². The van der Waals surface area contributed by atoms with Crippen molar-refractivity contribution in [2.45, 2.75) is 116 Å². The first-order chi connectivity index (χ1) is 26.8. The van der Waals surface area contributed by atoms with Gasteiger partial charge in [0, 0.05) is 42.4 Å². The second kappa shape index (κ2) is 16.3. The molecule has 0 bridgehead atoms. The number of H-pyrrole nitrogens is 1. The molecule has 4 heterocycles. The third-order valence-electron chi connectivity index (χ3n) is 10.5. The summed E-state index contributed by atoms with van der Waals surface area (Å²) in [5.74, 6) is -2.39. The first kappa shape index (κ1) is 41.3. The van der Waals surface area contributed by atoms with Crippen LogP contribution in [0.1, 0.15) is 66.4 Å². The highest BCUT2D eigenvalue weighted by molar-refractivity contribution is 5.92. The van der Waals surface area contributed by atoms with Gasteiger partial charge in [-0.3, -0.25) is 9.59 Å². The van der Waals surface area contributed by atoms with Gasteiger partial charge in [-0.1, -0.05) is 20.8 Å². The number of hydrogen-bond donors (Lipinski definition) is 4. The van der Waals surface area contributed by atoms with Gasteiger partial charge >= 0.3 is 12.2 Å². The van der Waals surface area contributed by atoms with E-state index in [2.05, 4.69) is 15.6 Å². The quantitative estimate of drug-likeness (QED) is 0.126. The maximum absolute atomic E-state index is 15.3. The van der Waals surface area contributed by atoms with Gasteiger partial charge in [-0.05, 0) is 75.4 Å². The van der Waals surface area contributed by atoms with Gasteiger partial charge in [0.15, 0.2) is 5.82 Å². The van der Waals surface area contributed by atoms with Crippen molar-refractivity contribution < 1.29 is 46.6 Å². The molecule has 2 saturated heterocycles. The normalized spacial score (nSPS) is 21.0. The lowest BCUT2D eigenvalue weighted by molar-refractivity contribution is -0.136. The van der Waals surface area contributed by atoms with Crippen molar-refractivity contribution in [2.24, 2.45) is 5.92 Å². The zero-order valence-electron chi connectivity index (χ0n) is 32.7. The van der Waals surface area contributed by atoms with E-state index in [9.17, 15) is 33.1 Å². The molecule has 2 fully saturated rings. The van der Waals surface area contributed by atoms with Crippen LogP contribution in [0.25, 0.3) is 33.5 Å². The lowest BCUT2D eigenvalue weighted by Crippen LogP contribution is -2.53. The van der Waals surface area contributed by atoms with E-state index < -0.39 is 83.7 Å². The first-order valence-corrected chi connectivity index (χ1v) is 19.2. The molecule has 4 aromatic rings. The van der Waals surface area contributed by atoms with E-state index in [4.69, 9.17) is 9.72 Å². The van der Waals surface area contributed by atoms with Crippen LogP contribution in [-0.4, -0.2) is 109 Å². The van der Waals surface area contributed by atoms with Gasteiger partial charge in [0.1, 0.15) is 41.7 Å². The number of amides is 4. The number of carbonyl (C=O) groups is 4. The zero-order valence-corrected chi connectivity index (χ0v) is 32.7. The Labute approximate surface area is 327 Å². The molecule has 13 nitrogen and oxygen atoms in total. The first-order valence-electron chi connectivity index (χ1n) is 19.2. The van der Waals surface area contributed by atoms with Crippen LogP contribution < -0.4 is 10.6 Å². The van der Waals surface area contributed by atoms with E-state index in [-0.39, 0.29) is 56.7 Å². The molecule has 57 heavy (non-hydrogen) atoms. The molecule has 2 aliphatic heterocycles. The number of hydrogen-bond acceptors (Lipinski definition) is 6. The number of ether oxygens (including phenoxy) is 1. The SMILES string of the molecule is CCC(NC(=O)OC(C)(C)C)C(=O)N1C[C@@H](F)C[C@H]1Cc1c(-c2nc3cc(F)ccc3n2C[C@@H]2C[C@H](F)CN2C(=O)C(NC(=O)O)C(C)C)[nH]c2cc(F)ccc12. The predicted molar refractivity (Wildman–Crippen MR) is 204 cm³/mol. The van der Waals surface area contributed by atoms with Crippen molar-refractivity contribution in [2.75, 3.05) is 13.1 Å². The van der Waals surface area contributed by atoms with E-state index in [0.717, 1.165) is 0 Å². The third kappa shape index (κ3) is 8.96. The average Bonchev–Trinajstić information content (AvgIpc) is 3.87. The molecule has 0 spiro atoms. The van der Waals surface area contributed by atoms with E-state index >= 15 is 8.78 Å². The lowest BCUT2D eigenvalue weighted by Gasteiger charge is -2.31. The third-order valence-corrected chi connectivity index (χ3v) is 10.5. The van der Waals surface area contributed by atoms with Crippen molar-refractivity contribution >= 4 is 45.9 Å². The van der Waals surface area contributed by atoms with Crippen molar-refractivity contribution in [1.29, 1.82) is 0 Å². The van der Waals surface area contributed by atoms with Crippen molar-refractivity contribution in [3.8, 4) is 11.5 Å². The number of alkyl halides is 2. The van der Waals surface area contributed by atoms with E-state index in [1.807, 2.05) is 0 Å². The number of halogens is 4. The summed E-state index contributed by atoms with van der Waals surface area (Å²) in [6.45, 7) is 9.64. The largest absolute Gasteiger partial charge is 0.465 e. The van der Waals surface area contributed by atoms with Crippen LogP contribution in [0.15, 0.2) is 36.4 Å². The molecular formula is C40H49F4N7O6. The molecule has 2 aliphatic rings. The van der Waals surface area contributed by atoms with Crippen molar-refractivity contribution in [3.63, 3.8) is 0 Å². The Balaban J connectivity index is 1.41. The summed E-state index contributed by atoms with van der Waals surface area (Å²) in [5.41, 5.74) is 1.16. The number of nitrogens with zero attached hydrogens (tertiary/aromatic N) is 4. The highest BCUT2D eigenvalue weighted by Crippen LogP contribution is 2.37. The summed E-state index contributed by atoms with van der Waals surface area (Å²) in [4.78, 5) is 62.8. The number of carbonyl (C=O) groups excluding carboxylic acids is 3. The Hall–Kier alpha value is -5.35. The number of aromatic amines is 1. The number of fused-ring (bicyclic) bond motifs is 2. The second-order valence-corrected chi connectivity index (χ2v) is 16.3. The molecule has 2 aromatic carbocycles. The Morgan fingerprint density at radius 1 is 0.947 bits per heavy atom. The molecule has 2 aromatic heterocycles. The predicted octanol–water partition coefficient (Wildman–Crippen LogP) is 6.48. The topological polar surface area (TPSA) is 162 Å². The molecule has 2 unspecified atom stereocenters. The summed E-state index contributed by atoms with van der Waals surface area (Å²) in [5, 5.41) is 14.9. The van der Waals surface area contributed by atoms with Gasteiger partial charge in [0.05, 0.1) is 35.9 Å². The number of alkyl carbamates (subject to hydrolysis) is 1. The van der Waals surface area contributed by atoms with Crippen molar-refractivity contribution in [3.05, 3.63) is 53.6 Å². The monoisotopic (exact) mass is 799 g/mol. The summed E-state index contributed by atoms with van der Waals surface area (Å²) >= 11 is 0. The molecule has 6 atom stereocenters. The summed E-state index contributed by atoms with van der Waals surface area (Å²) in [7, 11) is 0. The van der Waals surface area contributed by atoms with Crippen LogP contribution in [-0.2, 0) is 27.3 Å². The van der Waals surface area contributed by atoms with Crippen molar-refractivity contribution in [1.82, 2.24) is 35.0 Å². The van der Waals surface area contributed by atoms with Crippen LogP contribution in [0, 0.1) is 17.6 Å². The fourth-order valence-corrected chi connectivity index (χ4v) is 7.99. The number of rotatable bonds is 11. The van der Waals surface area contributed by atoms with Crippen LogP contribution in [0.4, 0.5) is 27.2 Å². The smallest absolute Gasteiger partial charge is 0.408 e. The average molecular weight is 800 g/mol. The molecule has 308 valence electrons. The number of likely N-dealkylation sites (tertiary alicyclic amines) is 2. The number of aromatic nitrogens is 3. The summed E-state index contributed by atoms with van der Waals surface area (Å²) < 4.78 is 67.0. The van der Waals surface area contributed by atoms with E-state index in [1.165, 1.54) is 40.1 Å². The van der Waals surface area contributed by atoms with Gasteiger partial charge in [0.25, 0.3) is 0 Å². The van der Waals surface area contributed by atoms with Gasteiger partial charge in [-0.2, -0.15) is 0 Å². The maximum atomic E-state index is 15.3. The molecule has 4 N–H and O–H groups in total. The molecule has 4 amide bonds. The molecule has 6 rings (SSSR count). The molecule has 0 aliphatic carbocycles. The zero-order chi connectivity index (χ0) is 41.5. The second-order valence-electron chi connectivity index (χ2n) is 16.3. The highest BCUT2D eigenvalue weighted by Gasteiger charge is 2.42. The van der Waals surface area contributed by atoms with Gasteiger partial charge in [-0.15, -0.1) is 0 Å². The minimum atomic E-state index is -1.41. The Morgan fingerprint density at radius 2 is 1.58 bits per heavy atom.